The van der Waals surface area contributed by atoms with Gasteiger partial charge in [-0.15, -0.1) is 0 Å². The fraction of sp³-hybridized carbons (Fsp3) is 0.571. The van der Waals surface area contributed by atoms with E-state index in [4.69, 9.17) is 0 Å². The minimum Gasteiger partial charge on any atom is -0.0712 e. The quantitative estimate of drug-likeness (QED) is 0.295. The molecular weight excluding hydrogens is 544 g/mol. The van der Waals surface area contributed by atoms with Gasteiger partial charge in [-0.05, 0) is 11.1 Å². The molecule has 6 heteroatoms. The molecular formula is C14H22Br4Si2. The lowest BCUT2D eigenvalue weighted by atomic mass is 10.1. The predicted octanol–water partition coefficient (Wildman–Crippen LogP) is 6.35. The van der Waals surface area contributed by atoms with E-state index in [-0.39, 0.29) is 7.47 Å². The molecule has 0 atom stereocenters. The summed E-state index contributed by atoms with van der Waals surface area (Å²) < 4.78 is 0.377. The Morgan fingerprint density at radius 1 is 0.650 bits per heavy atom. The van der Waals surface area contributed by atoms with Crippen molar-refractivity contribution in [3.8, 4) is 0 Å². The normalized spacial score (nSPS) is 13.4. The topological polar surface area (TPSA) is 0 Å². The third kappa shape index (κ3) is 4.78. The van der Waals surface area contributed by atoms with Crippen LogP contribution < -0.4 is 10.4 Å². The van der Waals surface area contributed by atoms with Gasteiger partial charge in [0.1, 0.15) is 0 Å². The van der Waals surface area contributed by atoms with E-state index in [1.54, 1.807) is 10.4 Å². The molecule has 0 radical (unpaired) electrons. The molecule has 0 nitrogen and oxygen atoms in total. The summed E-state index contributed by atoms with van der Waals surface area (Å²) in [6.45, 7) is 14.6. The fourth-order valence-electron chi connectivity index (χ4n) is 2.25. The van der Waals surface area contributed by atoms with Crippen molar-refractivity contribution in [2.75, 3.05) is 0 Å². The molecule has 0 saturated heterocycles. The van der Waals surface area contributed by atoms with Gasteiger partial charge < -0.3 is 0 Å². The molecule has 1 aromatic carbocycles. The Kier molecular flexibility index (Phi) is 6.86. The molecule has 0 heterocycles. The van der Waals surface area contributed by atoms with Crippen LogP contribution in [0.25, 0.3) is 0 Å². The zero-order valence-electron chi connectivity index (χ0n) is 12.8. The van der Waals surface area contributed by atoms with Gasteiger partial charge in [-0.3, -0.25) is 0 Å². The van der Waals surface area contributed by atoms with Crippen LogP contribution in [-0.4, -0.2) is 16.1 Å². The van der Waals surface area contributed by atoms with Gasteiger partial charge >= 0.3 is 0 Å². The van der Waals surface area contributed by atoms with Crippen LogP contribution in [0.1, 0.15) is 18.6 Å². The third-order valence-corrected chi connectivity index (χ3v) is 9.59. The van der Waals surface area contributed by atoms with Crippen LogP contribution >= 0.6 is 63.7 Å². The number of benzene rings is 1. The Morgan fingerprint density at radius 2 is 0.900 bits per heavy atom. The van der Waals surface area contributed by atoms with Crippen molar-refractivity contribution < 1.29 is 0 Å². The van der Waals surface area contributed by atoms with Crippen LogP contribution in [0.5, 0.6) is 0 Å². The van der Waals surface area contributed by atoms with Gasteiger partial charge in [0.05, 0.1) is 23.6 Å². The molecule has 0 saturated carbocycles. The molecule has 0 unspecified atom stereocenters. The Hall–Kier alpha value is 1.57. The molecule has 0 spiro atoms. The van der Waals surface area contributed by atoms with Crippen LogP contribution in [0.2, 0.25) is 39.3 Å². The van der Waals surface area contributed by atoms with Crippen molar-refractivity contribution in [2.24, 2.45) is 0 Å². The Bertz CT molecular complexity index is 440. The third-order valence-electron chi connectivity index (χ3n) is 3.31. The highest BCUT2D eigenvalue weighted by Crippen LogP contribution is 2.39. The zero-order valence-corrected chi connectivity index (χ0v) is 21.2. The molecule has 0 aliphatic carbocycles. The van der Waals surface area contributed by atoms with Crippen LogP contribution in [0.4, 0.5) is 0 Å². The van der Waals surface area contributed by atoms with Gasteiger partial charge in [0, 0.05) is 0 Å². The first-order chi connectivity index (χ1) is 8.85. The molecule has 0 aromatic heterocycles. The van der Waals surface area contributed by atoms with E-state index < -0.39 is 16.1 Å². The van der Waals surface area contributed by atoms with Crippen LogP contribution in [0.3, 0.4) is 0 Å². The number of hydrogen-bond donors (Lipinski definition) is 0. The highest BCUT2D eigenvalue weighted by atomic mass is 79.9. The van der Waals surface area contributed by atoms with Gasteiger partial charge in [-0.2, -0.15) is 0 Å². The highest BCUT2D eigenvalue weighted by Gasteiger charge is 2.30. The van der Waals surface area contributed by atoms with Crippen molar-refractivity contribution in [1.29, 1.82) is 0 Å². The summed E-state index contributed by atoms with van der Waals surface area (Å²) in [5.74, 6) is 0. The summed E-state index contributed by atoms with van der Waals surface area (Å²) in [4.78, 5) is 0. The maximum Gasteiger partial charge on any atom is 0.0949 e. The summed E-state index contributed by atoms with van der Waals surface area (Å²) >= 11 is 14.7. The molecule has 114 valence electrons. The van der Waals surface area contributed by atoms with Crippen molar-refractivity contribution in [3.05, 3.63) is 23.3 Å². The minimum atomic E-state index is -1.36. The zero-order chi connectivity index (χ0) is 15.9. The smallest absolute Gasteiger partial charge is 0.0712 e. The number of hydrogen-bond acceptors (Lipinski definition) is 0. The van der Waals surface area contributed by atoms with E-state index in [1.807, 2.05) is 0 Å². The van der Waals surface area contributed by atoms with Crippen molar-refractivity contribution in [1.82, 2.24) is 0 Å². The molecule has 0 aliphatic heterocycles. The van der Waals surface area contributed by atoms with Crippen molar-refractivity contribution in [3.63, 3.8) is 0 Å². The summed E-state index contributed by atoms with van der Waals surface area (Å²) in [5.41, 5.74) is 2.64. The van der Waals surface area contributed by atoms with Gasteiger partial charge in [-0.25, -0.2) is 0 Å². The van der Waals surface area contributed by atoms with E-state index >= 15 is 0 Å². The summed E-state index contributed by atoms with van der Waals surface area (Å²) in [5, 5.41) is 3.22. The first kappa shape index (κ1) is 19.6. The standard InChI is InChI=1S/C14H22Br4Si2/c1-19(2,3)11-7-9(13(15)16)10(14(17)18)8-12(11)20(4,5)6/h7-8,13-14H,1-6H3. The predicted molar refractivity (Wildman–Crippen MR) is 114 cm³/mol. The Morgan fingerprint density at radius 3 is 1.05 bits per heavy atom. The second-order valence-corrected chi connectivity index (χ2v) is 23.3. The second-order valence-electron chi connectivity index (χ2n) is 7.13. The van der Waals surface area contributed by atoms with Gasteiger partial charge in [0.2, 0.25) is 0 Å². The highest BCUT2D eigenvalue weighted by molar-refractivity contribution is 9.24. The van der Waals surface area contributed by atoms with E-state index in [9.17, 15) is 0 Å². The number of alkyl halides is 4. The van der Waals surface area contributed by atoms with E-state index in [1.165, 1.54) is 11.1 Å². The largest absolute Gasteiger partial charge is 0.0949 e. The first-order valence-corrected chi connectivity index (χ1v) is 17.3. The summed E-state index contributed by atoms with van der Waals surface area (Å²) in [7, 11) is -2.72. The summed E-state index contributed by atoms with van der Waals surface area (Å²) in [6.07, 6.45) is 0. The molecule has 0 aliphatic rings. The first-order valence-electron chi connectivity index (χ1n) is 6.60. The minimum absolute atomic E-state index is 0.188. The lowest BCUT2D eigenvalue weighted by molar-refractivity contribution is 1.30. The average molecular weight is 566 g/mol. The molecule has 1 rings (SSSR count). The lowest BCUT2D eigenvalue weighted by Gasteiger charge is -2.30. The fourth-order valence-corrected chi connectivity index (χ4v) is 9.03. The molecule has 20 heavy (non-hydrogen) atoms. The molecule has 0 N–H and O–H groups in total. The SMILES string of the molecule is C[Si](C)(C)c1cc(C(Br)Br)c(C(Br)Br)cc1[Si](C)(C)C. The van der Waals surface area contributed by atoms with E-state index in [0.717, 1.165) is 0 Å². The van der Waals surface area contributed by atoms with Gasteiger partial charge in [-0.1, -0.05) is 126 Å². The maximum absolute atomic E-state index is 3.68. The van der Waals surface area contributed by atoms with Crippen LogP contribution in [0, 0.1) is 0 Å². The lowest BCUT2D eigenvalue weighted by Crippen LogP contribution is -2.56. The average Bonchev–Trinajstić information content (AvgIpc) is 2.24. The molecule has 0 amide bonds. The molecule has 0 bridgehead atoms. The Balaban J connectivity index is 3.71. The Labute approximate surface area is 159 Å². The van der Waals surface area contributed by atoms with Crippen LogP contribution in [-0.2, 0) is 0 Å². The van der Waals surface area contributed by atoms with Crippen molar-refractivity contribution in [2.45, 2.75) is 46.8 Å². The molecule has 1 aromatic rings. The van der Waals surface area contributed by atoms with Crippen molar-refractivity contribution >= 4 is 90.2 Å². The van der Waals surface area contributed by atoms with Gasteiger partial charge in [0.25, 0.3) is 0 Å². The summed E-state index contributed by atoms with van der Waals surface area (Å²) in [6, 6.07) is 4.86. The number of halogens is 4. The monoisotopic (exact) mass is 562 g/mol. The van der Waals surface area contributed by atoms with Crippen LogP contribution in [0.15, 0.2) is 12.1 Å². The van der Waals surface area contributed by atoms with E-state index in [2.05, 4.69) is 115 Å². The van der Waals surface area contributed by atoms with E-state index in [0.29, 0.717) is 0 Å². The van der Waals surface area contributed by atoms with Gasteiger partial charge in [0.15, 0.2) is 0 Å². The second kappa shape index (κ2) is 6.99. The molecule has 0 fully saturated rings. The number of rotatable bonds is 4. The maximum atomic E-state index is 3.68.